The van der Waals surface area contributed by atoms with E-state index in [0.29, 0.717) is 18.2 Å². The van der Waals surface area contributed by atoms with Crippen molar-refractivity contribution in [2.75, 3.05) is 13.2 Å². The molecule has 0 aliphatic rings. The Labute approximate surface area is 111 Å². The first kappa shape index (κ1) is 14.5. The lowest BCUT2D eigenvalue weighted by molar-refractivity contribution is -0.384. The number of rotatable bonds is 8. The number of ether oxygens (including phenoxy) is 1. The highest BCUT2D eigenvalue weighted by molar-refractivity contribution is 6.31. The first-order chi connectivity index (χ1) is 8.65. The summed E-state index contributed by atoms with van der Waals surface area (Å²) in [6, 6.07) is 4.41. The molecule has 0 bridgehead atoms. The van der Waals surface area contributed by atoms with Gasteiger partial charge in [-0.1, -0.05) is 18.2 Å². The van der Waals surface area contributed by atoms with Crippen LogP contribution in [-0.2, 0) is 11.3 Å². The third-order valence-electron chi connectivity index (χ3n) is 2.29. The van der Waals surface area contributed by atoms with Crippen LogP contribution in [0.2, 0.25) is 5.02 Å². The van der Waals surface area contributed by atoms with E-state index >= 15 is 0 Å². The maximum Gasteiger partial charge on any atom is 0.269 e. The second-order valence-electron chi connectivity index (χ2n) is 3.60. The summed E-state index contributed by atoms with van der Waals surface area (Å²) in [4.78, 5) is 10.2. The molecule has 6 heteroatoms. The van der Waals surface area contributed by atoms with Crippen molar-refractivity contribution in [3.05, 3.63) is 51.7 Å². The van der Waals surface area contributed by atoms with Crippen LogP contribution in [0.1, 0.15) is 12.0 Å². The van der Waals surface area contributed by atoms with E-state index in [9.17, 15) is 10.1 Å². The van der Waals surface area contributed by atoms with Crippen LogP contribution in [-0.4, -0.2) is 18.1 Å². The van der Waals surface area contributed by atoms with Gasteiger partial charge in [-0.3, -0.25) is 10.1 Å². The number of non-ortho nitro benzene ring substituents is 1. The van der Waals surface area contributed by atoms with E-state index in [1.54, 1.807) is 0 Å². The highest BCUT2D eigenvalue weighted by Crippen LogP contribution is 2.21. The Morgan fingerprint density at radius 3 is 3.00 bits per heavy atom. The molecule has 0 radical (unpaired) electrons. The number of hydrogen-bond donors (Lipinski definition) is 1. The first-order valence-corrected chi connectivity index (χ1v) is 5.89. The van der Waals surface area contributed by atoms with Gasteiger partial charge in [0, 0.05) is 23.7 Å². The highest BCUT2D eigenvalue weighted by atomic mass is 35.5. The fraction of sp³-hybridized carbons (Fsp3) is 0.333. The molecule has 0 saturated heterocycles. The zero-order chi connectivity index (χ0) is 13.4. The van der Waals surface area contributed by atoms with Crippen molar-refractivity contribution in [3.63, 3.8) is 0 Å². The van der Waals surface area contributed by atoms with Crippen LogP contribution in [0.3, 0.4) is 0 Å². The summed E-state index contributed by atoms with van der Waals surface area (Å²) in [6.45, 7) is 5.27. The van der Waals surface area contributed by atoms with Gasteiger partial charge in [0.25, 0.3) is 5.69 Å². The molecule has 1 aromatic carbocycles. The standard InChI is InChI=1S/C12H15ClN2O3/c1-2-18-7-3-6-14-9-10-8-11(15(16)17)4-5-12(10)13/h2,4-5,8,14H,1,3,6-7,9H2. The van der Waals surface area contributed by atoms with Gasteiger partial charge in [-0.15, -0.1) is 0 Å². The molecular weight excluding hydrogens is 256 g/mol. The van der Waals surface area contributed by atoms with E-state index < -0.39 is 4.92 Å². The SMILES string of the molecule is C=COCCCNCc1cc([N+](=O)[O-])ccc1Cl. The lowest BCUT2D eigenvalue weighted by Crippen LogP contribution is -2.16. The van der Waals surface area contributed by atoms with Crippen molar-refractivity contribution in [1.82, 2.24) is 5.32 Å². The van der Waals surface area contributed by atoms with Crippen molar-refractivity contribution in [2.45, 2.75) is 13.0 Å². The molecule has 98 valence electrons. The molecule has 18 heavy (non-hydrogen) atoms. The summed E-state index contributed by atoms with van der Waals surface area (Å²) < 4.78 is 4.97. The van der Waals surface area contributed by atoms with Gasteiger partial charge in [0.15, 0.2) is 0 Å². The van der Waals surface area contributed by atoms with E-state index in [4.69, 9.17) is 16.3 Å². The lowest BCUT2D eigenvalue weighted by atomic mass is 10.2. The normalized spacial score (nSPS) is 10.1. The molecule has 1 aromatic rings. The zero-order valence-electron chi connectivity index (χ0n) is 9.89. The highest BCUT2D eigenvalue weighted by Gasteiger charge is 2.09. The van der Waals surface area contributed by atoms with Crippen molar-refractivity contribution in [2.24, 2.45) is 0 Å². The molecule has 0 aliphatic heterocycles. The number of benzene rings is 1. The van der Waals surface area contributed by atoms with Crippen molar-refractivity contribution < 1.29 is 9.66 Å². The van der Waals surface area contributed by atoms with Crippen LogP contribution >= 0.6 is 11.6 Å². The van der Waals surface area contributed by atoms with Crippen LogP contribution in [0, 0.1) is 10.1 Å². The predicted octanol–water partition coefficient (Wildman–Crippen LogP) is 2.89. The average Bonchev–Trinajstić information content (AvgIpc) is 2.35. The zero-order valence-corrected chi connectivity index (χ0v) is 10.7. The van der Waals surface area contributed by atoms with Crippen LogP contribution < -0.4 is 5.32 Å². The molecule has 0 unspecified atom stereocenters. The molecule has 0 saturated carbocycles. The van der Waals surface area contributed by atoms with E-state index in [1.807, 2.05) is 0 Å². The largest absolute Gasteiger partial charge is 0.502 e. The average molecular weight is 271 g/mol. The second-order valence-corrected chi connectivity index (χ2v) is 4.01. The second kappa shape index (κ2) is 7.68. The van der Waals surface area contributed by atoms with E-state index in [2.05, 4.69) is 11.9 Å². The monoisotopic (exact) mass is 270 g/mol. The Morgan fingerprint density at radius 1 is 1.56 bits per heavy atom. The van der Waals surface area contributed by atoms with E-state index in [-0.39, 0.29) is 5.69 Å². The minimum Gasteiger partial charge on any atom is -0.502 e. The molecule has 5 nitrogen and oxygen atoms in total. The molecule has 0 heterocycles. The van der Waals surface area contributed by atoms with Crippen molar-refractivity contribution >= 4 is 17.3 Å². The number of nitrogens with zero attached hydrogens (tertiary/aromatic N) is 1. The topological polar surface area (TPSA) is 64.4 Å². The van der Waals surface area contributed by atoms with Gasteiger partial charge in [-0.05, 0) is 24.6 Å². The summed E-state index contributed by atoms with van der Waals surface area (Å²) in [6.07, 6.45) is 2.23. The number of nitro groups is 1. The van der Waals surface area contributed by atoms with Crippen LogP contribution in [0.5, 0.6) is 0 Å². The van der Waals surface area contributed by atoms with Gasteiger partial charge in [0.2, 0.25) is 0 Å². The molecular formula is C12H15ClN2O3. The molecule has 0 atom stereocenters. The van der Waals surface area contributed by atoms with Gasteiger partial charge in [0.1, 0.15) is 0 Å². The Hall–Kier alpha value is -1.59. The number of halogens is 1. The third-order valence-corrected chi connectivity index (χ3v) is 2.66. The Bertz CT molecular complexity index is 424. The fourth-order valence-electron chi connectivity index (χ4n) is 1.40. The smallest absolute Gasteiger partial charge is 0.269 e. The number of nitrogens with one attached hydrogen (secondary N) is 1. The molecule has 0 fully saturated rings. The minimum atomic E-state index is -0.433. The Balaban J connectivity index is 2.43. The molecule has 0 aliphatic carbocycles. The van der Waals surface area contributed by atoms with E-state index in [1.165, 1.54) is 24.5 Å². The predicted molar refractivity (Wildman–Crippen MR) is 70.6 cm³/mol. The lowest BCUT2D eigenvalue weighted by Gasteiger charge is -2.06. The molecule has 0 aromatic heterocycles. The summed E-state index contributed by atoms with van der Waals surface area (Å²) in [7, 11) is 0. The van der Waals surface area contributed by atoms with Crippen LogP contribution in [0.25, 0.3) is 0 Å². The summed E-state index contributed by atoms with van der Waals surface area (Å²) in [5.74, 6) is 0. The van der Waals surface area contributed by atoms with Gasteiger partial charge >= 0.3 is 0 Å². The maximum absolute atomic E-state index is 10.6. The molecule has 1 N–H and O–H groups in total. The number of hydrogen-bond acceptors (Lipinski definition) is 4. The van der Waals surface area contributed by atoms with Gasteiger partial charge in [-0.25, -0.2) is 0 Å². The Morgan fingerprint density at radius 2 is 2.33 bits per heavy atom. The fourth-order valence-corrected chi connectivity index (χ4v) is 1.58. The minimum absolute atomic E-state index is 0.0474. The van der Waals surface area contributed by atoms with Gasteiger partial charge < -0.3 is 10.1 Å². The number of nitro benzene ring substituents is 1. The summed E-state index contributed by atoms with van der Waals surface area (Å²) in [5.41, 5.74) is 0.765. The first-order valence-electron chi connectivity index (χ1n) is 5.51. The van der Waals surface area contributed by atoms with Crippen molar-refractivity contribution in [3.8, 4) is 0 Å². The quantitative estimate of drug-likeness (QED) is 0.341. The molecule has 0 amide bonds. The maximum atomic E-state index is 10.6. The Kier molecular flexibility index (Phi) is 6.18. The van der Waals surface area contributed by atoms with Gasteiger partial charge in [-0.2, -0.15) is 0 Å². The van der Waals surface area contributed by atoms with Gasteiger partial charge in [0.05, 0.1) is 17.8 Å². The van der Waals surface area contributed by atoms with E-state index in [0.717, 1.165) is 18.5 Å². The van der Waals surface area contributed by atoms with Crippen molar-refractivity contribution in [1.29, 1.82) is 0 Å². The molecule has 0 spiro atoms. The summed E-state index contributed by atoms with van der Waals surface area (Å²) >= 11 is 5.96. The summed E-state index contributed by atoms with van der Waals surface area (Å²) in [5, 5.41) is 14.3. The van der Waals surface area contributed by atoms with Crippen LogP contribution in [0.4, 0.5) is 5.69 Å². The molecule has 1 rings (SSSR count). The third kappa shape index (κ3) is 4.73. The van der Waals surface area contributed by atoms with Crippen LogP contribution in [0.15, 0.2) is 31.0 Å².